The van der Waals surface area contributed by atoms with Crippen LogP contribution in [-0.2, 0) is 31.1 Å². The highest BCUT2D eigenvalue weighted by atomic mass is 32.2. The second-order valence-electron chi connectivity index (χ2n) is 7.50. The molecule has 1 unspecified atom stereocenters. The molecule has 0 aliphatic rings. The number of ether oxygens (including phenoxy) is 1. The summed E-state index contributed by atoms with van der Waals surface area (Å²) >= 11 is 0. The number of carboxylic acid groups (broad SMARTS) is 3. The normalized spacial score (nSPS) is 11.8. The van der Waals surface area contributed by atoms with Crippen molar-refractivity contribution in [3.8, 4) is 5.75 Å². The number of carboxylic acids is 3. The Labute approximate surface area is 227 Å². The Bertz CT molecular complexity index is 1400. The molecular formula is C21H21F4N5O10S. The number of aliphatic carboxylic acids is 3. The smallest absolute Gasteiger partial charge is 0.481 e. The first-order chi connectivity index (χ1) is 18.8. The summed E-state index contributed by atoms with van der Waals surface area (Å²) in [6.07, 6.45) is -6.07. The van der Waals surface area contributed by atoms with Crippen LogP contribution < -0.4 is 25.2 Å². The van der Waals surface area contributed by atoms with Crippen molar-refractivity contribution in [1.29, 1.82) is 5.41 Å². The number of benzene rings is 2. The first-order valence-corrected chi connectivity index (χ1v) is 12.0. The second-order valence-corrected chi connectivity index (χ2v) is 9.04. The summed E-state index contributed by atoms with van der Waals surface area (Å²) in [5.74, 6) is -8.52. The monoisotopic (exact) mass is 611 g/mol. The minimum absolute atomic E-state index is 0.0887. The van der Waals surface area contributed by atoms with Crippen molar-refractivity contribution in [3.05, 3.63) is 59.4 Å². The average Bonchev–Trinajstić information content (AvgIpc) is 2.83. The zero-order valence-corrected chi connectivity index (χ0v) is 21.0. The van der Waals surface area contributed by atoms with E-state index >= 15 is 0 Å². The molecule has 15 nitrogen and oxygen atoms in total. The van der Waals surface area contributed by atoms with E-state index in [2.05, 4.69) is 5.32 Å². The Morgan fingerprint density at radius 2 is 1.59 bits per heavy atom. The molecule has 0 saturated heterocycles. The summed E-state index contributed by atoms with van der Waals surface area (Å²) in [4.78, 5) is 42.8. The molecule has 2 rings (SSSR count). The van der Waals surface area contributed by atoms with Crippen molar-refractivity contribution in [2.45, 2.75) is 25.2 Å². The van der Waals surface area contributed by atoms with Crippen molar-refractivity contribution in [2.24, 2.45) is 5.73 Å². The SMILES string of the molecule is N=C(N)Nc1ccc(C(=O)Oc2ccc(CNS(=O)(=O)NC(CC(=O)O)C(=O)O)cc2F)cc1.O=C(O)C(F)(F)F. The molecular weight excluding hydrogens is 590 g/mol. The van der Waals surface area contributed by atoms with Gasteiger partial charge in [-0.25, -0.2) is 14.0 Å². The zero-order valence-electron chi connectivity index (χ0n) is 20.2. The van der Waals surface area contributed by atoms with Gasteiger partial charge in [-0.05, 0) is 42.0 Å². The van der Waals surface area contributed by atoms with Gasteiger partial charge in [-0.2, -0.15) is 31.0 Å². The second kappa shape index (κ2) is 14.5. The van der Waals surface area contributed by atoms with Crippen LogP contribution in [0.1, 0.15) is 22.3 Å². The van der Waals surface area contributed by atoms with Crippen molar-refractivity contribution in [1.82, 2.24) is 9.44 Å². The largest absolute Gasteiger partial charge is 0.490 e. The summed E-state index contributed by atoms with van der Waals surface area (Å²) in [5.41, 5.74) is 5.85. The summed E-state index contributed by atoms with van der Waals surface area (Å²) in [6.45, 7) is -0.468. The van der Waals surface area contributed by atoms with Crippen molar-refractivity contribution in [3.63, 3.8) is 0 Å². The molecule has 41 heavy (non-hydrogen) atoms. The van der Waals surface area contributed by atoms with Crippen LogP contribution in [0.3, 0.4) is 0 Å². The zero-order chi connectivity index (χ0) is 31.5. The maximum atomic E-state index is 14.4. The molecule has 0 aliphatic carbocycles. The number of hydrogen-bond acceptors (Lipinski definition) is 8. The molecule has 224 valence electrons. The lowest BCUT2D eigenvalue weighted by Gasteiger charge is -2.14. The molecule has 1 atom stereocenters. The van der Waals surface area contributed by atoms with Crippen molar-refractivity contribution in [2.75, 3.05) is 5.32 Å². The Kier molecular flexibility index (Phi) is 12.1. The number of guanidine groups is 1. The fraction of sp³-hybridized carbons (Fsp3) is 0.190. The third-order valence-electron chi connectivity index (χ3n) is 4.28. The quantitative estimate of drug-likeness (QED) is 0.0578. The van der Waals surface area contributed by atoms with Gasteiger partial charge in [0, 0.05) is 12.2 Å². The Morgan fingerprint density at radius 3 is 2.02 bits per heavy atom. The van der Waals surface area contributed by atoms with E-state index in [1.165, 1.54) is 30.3 Å². The number of nitrogens with one attached hydrogen (secondary N) is 4. The first-order valence-electron chi connectivity index (χ1n) is 10.5. The molecule has 0 aromatic heterocycles. The lowest BCUT2D eigenvalue weighted by molar-refractivity contribution is -0.192. The summed E-state index contributed by atoms with van der Waals surface area (Å²) < 4.78 is 78.7. The van der Waals surface area contributed by atoms with Crippen LogP contribution in [-0.4, -0.2) is 65.8 Å². The van der Waals surface area contributed by atoms with Crippen molar-refractivity contribution < 1.29 is 65.2 Å². The fourth-order valence-corrected chi connectivity index (χ4v) is 3.50. The van der Waals surface area contributed by atoms with Gasteiger partial charge in [0.1, 0.15) is 6.04 Å². The maximum absolute atomic E-state index is 14.4. The number of esters is 1. The van der Waals surface area contributed by atoms with Gasteiger partial charge in [-0.1, -0.05) is 6.07 Å². The van der Waals surface area contributed by atoms with Crippen LogP contribution in [0.4, 0.5) is 23.2 Å². The van der Waals surface area contributed by atoms with Gasteiger partial charge in [-0.3, -0.25) is 15.0 Å². The van der Waals surface area contributed by atoms with Gasteiger partial charge in [0.05, 0.1) is 12.0 Å². The number of nitrogens with two attached hydrogens (primary N) is 1. The standard InChI is InChI=1S/C19H20FN5O8S.C2HF3O2/c20-13-7-10(9-23-34(31,32)25-14(17(28)29)8-16(26)27)1-6-15(13)33-18(30)11-2-4-12(5-3-11)24-19(21)22;3-2(4,5)1(6)7/h1-7,14,23,25H,8-9H2,(H,26,27)(H,28,29)(H4,21,22,24);(H,6,7). The van der Waals surface area contributed by atoms with Crippen LogP contribution in [0, 0.1) is 11.2 Å². The number of alkyl halides is 3. The number of rotatable bonds is 11. The maximum Gasteiger partial charge on any atom is 0.490 e. The predicted octanol–water partition coefficient (Wildman–Crippen LogP) is 0.835. The molecule has 2 aromatic rings. The summed E-state index contributed by atoms with van der Waals surface area (Å²) in [6, 6.07) is 7.02. The number of carbonyl (C=O) groups excluding carboxylic acids is 1. The molecule has 2 aromatic carbocycles. The van der Waals surface area contributed by atoms with Crippen LogP contribution in [0.2, 0.25) is 0 Å². The third kappa shape index (κ3) is 12.7. The van der Waals surface area contributed by atoms with Crippen LogP contribution in [0.15, 0.2) is 42.5 Å². The molecule has 0 bridgehead atoms. The van der Waals surface area contributed by atoms with E-state index in [4.69, 9.17) is 36.0 Å². The molecule has 9 N–H and O–H groups in total. The van der Waals surface area contributed by atoms with Gasteiger partial charge in [0.2, 0.25) is 0 Å². The highest BCUT2D eigenvalue weighted by Gasteiger charge is 2.38. The highest BCUT2D eigenvalue weighted by Crippen LogP contribution is 2.20. The average molecular weight is 611 g/mol. The van der Waals surface area contributed by atoms with Crippen LogP contribution in [0.5, 0.6) is 5.75 Å². The summed E-state index contributed by atoms with van der Waals surface area (Å²) in [5, 5.41) is 34.4. The number of anilines is 1. The van der Waals surface area contributed by atoms with E-state index in [-0.39, 0.29) is 17.1 Å². The van der Waals surface area contributed by atoms with E-state index in [1.54, 1.807) is 4.72 Å². The number of halogens is 4. The van der Waals surface area contributed by atoms with Gasteiger partial charge in [0.15, 0.2) is 17.5 Å². The van der Waals surface area contributed by atoms with E-state index in [9.17, 15) is 40.4 Å². The third-order valence-corrected chi connectivity index (χ3v) is 5.40. The van der Waals surface area contributed by atoms with Crippen LogP contribution in [0.25, 0.3) is 0 Å². The molecule has 0 amide bonds. The Hall–Kier alpha value is -4.82. The van der Waals surface area contributed by atoms with Gasteiger partial charge < -0.3 is 31.1 Å². The molecule has 0 aliphatic heterocycles. The predicted molar refractivity (Wildman–Crippen MR) is 130 cm³/mol. The number of carbonyl (C=O) groups is 4. The fourth-order valence-electron chi connectivity index (χ4n) is 2.50. The van der Waals surface area contributed by atoms with Gasteiger partial charge >= 0.3 is 30.1 Å². The van der Waals surface area contributed by atoms with E-state index in [0.29, 0.717) is 5.69 Å². The minimum atomic E-state index is -5.08. The molecule has 20 heteroatoms. The Balaban J connectivity index is 0.00000106. The lowest BCUT2D eigenvalue weighted by Crippen LogP contribution is -2.47. The first kappa shape index (κ1) is 34.2. The van der Waals surface area contributed by atoms with E-state index < -0.39 is 70.8 Å². The van der Waals surface area contributed by atoms with E-state index in [1.807, 2.05) is 4.72 Å². The lowest BCUT2D eigenvalue weighted by atomic mass is 10.2. The molecule has 0 heterocycles. The molecule has 0 saturated carbocycles. The topological polar surface area (TPSA) is 258 Å². The van der Waals surface area contributed by atoms with Crippen LogP contribution >= 0.6 is 0 Å². The molecule has 0 fully saturated rings. The highest BCUT2D eigenvalue weighted by molar-refractivity contribution is 7.87. The minimum Gasteiger partial charge on any atom is -0.481 e. The van der Waals surface area contributed by atoms with Crippen molar-refractivity contribution >= 4 is 45.7 Å². The molecule has 0 spiro atoms. The number of hydrogen-bond donors (Lipinski definition) is 8. The van der Waals surface area contributed by atoms with E-state index in [0.717, 1.165) is 12.1 Å². The molecule has 0 radical (unpaired) electrons. The summed E-state index contributed by atoms with van der Waals surface area (Å²) in [7, 11) is -4.44. The Morgan fingerprint density at radius 1 is 1.02 bits per heavy atom. The van der Waals surface area contributed by atoms with Gasteiger partial charge in [-0.15, -0.1) is 0 Å². The van der Waals surface area contributed by atoms with Gasteiger partial charge in [0.25, 0.3) is 10.2 Å².